The van der Waals surface area contributed by atoms with E-state index in [0.717, 1.165) is 22.7 Å². The lowest BCUT2D eigenvalue weighted by Crippen LogP contribution is -2.30. The standard InChI is InChI=1S/C22H27N5O2/c1-4-29-18-7-5-17(6-8-18)24-21-13-19(16-9-11-23-12-10-16)25-22(27-21)26-20(14-28)15(2)3/h5-13,15,20,28H,4,14H2,1-3H3,(H2,24,25,26,27)/t20-/m1/s1. The Hall–Kier alpha value is -3.19. The van der Waals surface area contributed by atoms with E-state index in [-0.39, 0.29) is 18.6 Å². The summed E-state index contributed by atoms with van der Waals surface area (Å²) in [5.74, 6) is 2.17. The molecule has 2 aromatic heterocycles. The van der Waals surface area contributed by atoms with Gasteiger partial charge in [0.2, 0.25) is 5.95 Å². The summed E-state index contributed by atoms with van der Waals surface area (Å²) in [5.41, 5.74) is 2.59. The van der Waals surface area contributed by atoms with Gasteiger partial charge in [-0.05, 0) is 49.2 Å². The van der Waals surface area contributed by atoms with Gasteiger partial charge in [0.25, 0.3) is 0 Å². The highest BCUT2D eigenvalue weighted by Crippen LogP contribution is 2.25. The first-order chi connectivity index (χ1) is 14.1. The first-order valence-electron chi connectivity index (χ1n) is 9.75. The van der Waals surface area contributed by atoms with Crippen LogP contribution in [0.3, 0.4) is 0 Å². The number of hydrogen-bond acceptors (Lipinski definition) is 7. The Kier molecular flexibility index (Phi) is 6.97. The van der Waals surface area contributed by atoms with E-state index in [1.165, 1.54) is 0 Å². The zero-order chi connectivity index (χ0) is 20.6. The van der Waals surface area contributed by atoms with E-state index >= 15 is 0 Å². The SMILES string of the molecule is CCOc1ccc(Nc2cc(-c3ccncc3)nc(N[C@H](CO)C(C)C)n2)cc1. The second-order valence-corrected chi connectivity index (χ2v) is 6.96. The smallest absolute Gasteiger partial charge is 0.225 e. The van der Waals surface area contributed by atoms with Crippen LogP contribution in [0.2, 0.25) is 0 Å². The maximum Gasteiger partial charge on any atom is 0.225 e. The summed E-state index contributed by atoms with van der Waals surface area (Å²) in [7, 11) is 0. The number of pyridine rings is 1. The molecule has 3 aromatic rings. The number of anilines is 3. The molecule has 7 nitrogen and oxygen atoms in total. The zero-order valence-corrected chi connectivity index (χ0v) is 17.0. The fraction of sp³-hybridized carbons (Fsp3) is 0.318. The molecule has 152 valence electrons. The summed E-state index contributed by atoms with van der Waals surface area (Å²) < 4.78 is 5.49. The minimum Gasteiger partial charge on any atom is -0.494 e. The van der Waals surface area contributed by atoms with Gasteiger partial charge in [0.05, 0.1) is 24.9 Å². The number of aromatic nitrogens is 3. The van der Waals surface area contributed by atoms with Crippen LogP contribution in [0.1, 0.15) is 20.8 Å². The number of nitrogens with one attached hydrogen (secondary N) is 2. The Bertz CT molecular complexity index is 901. The summed E-state index contributed by atoms with van der Waals surface area (Å²) in [4.78, 5) is 13.3. The lowest BCUT2D eigenvalue weighted by molar-refractivity contribution is 0.248. The average molecular weight is 393 g/mol. The number of nitrogens with zero attached hydrogens (tertiary/aromatic N) is 3. The molecule has 0 amide bonds. The van der Waals surface area contributed by atoms with E-state index in [4.69, 9.17) is 4.74 Å². The maximum absolute atomic E-state index is 9.66. The van der Waals surface area contributed by atoms with E-state index in [1.807, 2.05) is 63.2 Å². The van der Waals surface area contributed by atoms with E-state index in [1.54, 1.807) is 12.4 Å². The van der Waals surface area contributed by atoms with Crippen molar-refractivity contribution in [2.24, 2.45) is 5.92 Å². The van der Waals surface area contributed by atoms with Crippen LogP contribution in [0.25, 0.3) is 11.3 Å². The Labute approximate surface area is 171 Å². The molecule has 0 aliphatic heterocycles. The van der Waals surface area contributed by atoms with Crippen LogP contribution >= 0.6 is 0 Å². The highest BCUT2D eigenvalue weighted by atomic mass is 16.5. The van der Waals surface area contributed by atoms with Gasteiger partial charge >= 0.3 is 0 Å². The highest BCUT2D eigenvalue weighted by molar-refractivity contribution is 5.67. The number of benzene rings is 1. The molecule has 0 fully saturated rings. The minimum absolute atomic E-state index is 0.00215. The molecule has 0 radical (unpaired) electrons. The zero-order valence-electron chi connectivity index (χ0n) is 17.0. The number of rotatable bonds is 9. The van der Waals surface area contributed by atoms with Gasteiger partial charge in [-0.3, -0.25) is 4.98 Å². The fourth-order valence-electron chi connectivity index (χ4n) is 2.78. The molecule has 7 heteroatoms. The molecule has 0 saturated carbocycles. The molecule has 2 heterocycles. The molecule has 0 bridgehead atoms. The second-order valence-electron chi connectivity index (χ2n) is 6.96. The van der Waals surface area contributed by atoms with Gasteiger partial charge in [-0.15, -0.1) is 0 Å². The first kappa shape index (κ1) is 20.5. The summed E-state index contributed by atoms with van der Waals surface area (Å²) >= 11 is 0. The topological polar surface area (TPSA) is 92.2 Å². The van der Waals surface area contributed by atoms with Gasteiger partial charge in [-0.1, -0.05) is 13.8 Å². The van der Waals surface area contributed by atoms with Crippen LogP contribution in [-0.2, 0) is 0 Å². The van der Waals surface area contributed by atoms with Crippen molar-refractivity contribution in [3.63, 3.8) is 0 Å². The monoisotopic (exact) mass is 393 g/mol. The van der Waals surface area contributed by atoms with Gasteiger partial charge in [0, 0.05) is 29.7 Å². The van der Waals surface area contributed by atoms with Crippen LogP contribution in [-0.4, -0.2) is 39.3 Å². The van der Waals surface area contributed by atoms with Crippen molar-refractivity contribution in [3.8, 4) is 17.0 Å². The number of aliphatic hydroxyl groups excluding tert-OH is 1. The molecule has 0 aliphatic rings. The largest absolute Gasteiger partial charge is 0.494 e. The summed E-state index contributed by atoms with van der Waals surface area (Å²) in [6, 6.07) is 13.3. The highest BCUT2D eigenvalue weighted by Gasteiger charge is 2.15. The predicted molar refractivity (Wildman–Crippen MR) is 115 cm³/mol. The van der Waals surface area contributed by atoms with Crippen molar-refractivity contribution < 1.29 is 9.84 Å². The number of aliphatic hydroxyl groups is 1. The second kappa shape index (κ2) is 9.84. The van der Waals surface area contributed by atoms with E-state index in [0.29, 0.717) is 18.4 Å². The summed E-state index contributed by atoms with van der Waals surface area (Å²) in [5, 5.41) is 16.2. The summed E-state index contributed by atoms with van der Waals surface area (Å²) in [6.45, 7) is 6.67. The third-order valence-corrected chi connectivity index (χ3v) is 4.46. The molecule has 1 atom stereocenters. The van der Waals surface area contributed by atoms with Gasteiger partial charge < -0.3 is 20.5 Å². The fourth-order valence-corrected chi connectivity index (χ4v) is 2.78. The number of hydrogen-bond donors (Lipinski definition) is 3. The normalized spacial score (nSPS) is 11.9. The van der Waals surface area contributed by atoms with Crippen molar-refractivity contribution in [1.29, 1.82) is 0 Å². The van der Waals surface area contributed by atoms with Crippen molar-refractivity contribution >= 4 is 17.5 Å². The maximum atomic E-state index is 9.66. The molecule has 3 rings (SSSR count). The molecular formula is C22H27N5O2. The van der Waals surface area contributed by atoms with Crippen LogP contribution < -0.4 is 15.4 Å². The first-order valence-corrected chi connectivity index (χ1v) is 9.75. The van der Waals surface area contributed by atoms with Crippen molar-refractivity contribution in [2.45, 2.75) is 26.8 Å². The molecule has 3 N–H and O–H groups in total. The van der Waals surface area contributed by atoms with E-state index < -0.39 is 0 Å². The predicted octanol–water partition coefficient (Wildman–Crippen LogP) is 4.11. The molecule has 0 unspecified atom stereocenters. The molecule has 0 saturated heterocycles. The Balaban J connectivity index is 1.91. The summed E-state index contributed by atoms with van der Waals surface area (Å²) in [6.07, 6.45) is 3.46. The molecular weight excluding hydrogens is 366 g/mol. The molecule has 29 heavy (non-hydrogen) atoms. The van der Waals surface area contributed by atoms with Crippen LogP contribution in [0.5, 0.6) is 5.75 Å². The van der Waals surface area contributed by atoms with E-state index in [2.05, 4.69) is 25.6 Å². The number of ether oxygens (including phenoxy) is 1. The molecule has 0 aliphatic carbocycles. The quantitative estimate of drug-likeness (QED) is 0.504. The average Bonchev–Trinajstić information content (AvgIpc) is 2.74. The van der Waals surface area contributed by atoms with Crippen molar-refractivity contribution in [3.05, 3.63) is 54.9 Å². The van der Waals surface area contributed by atoms with Gasteiger partial charge in [0.1, 0.15) is 11.6 Å². The van der Waals surface area contributed by atoms with Crippen LogP contribution in [0.15, 0.2) is 54.9 Å². The third-order valence-electron chi connectivity index (χ3n) is 4.46. The molecule has 1 aromatic carbocycles. The molecule has 0 spiro atoms. The van der Waals surface area contributed by atoms with E-state index in [9.17, 15) is 5.11 Å². The van der Waals surface area contributed by atoms with Gasteiger partial charge in [0.15, 0.2) is 0 Å². The Morgan fingerprint density at radius 3 is 2.38 bits per heavy atom. The minimum atomic E-state index is -0.138. The third kappa shape index (κ3) is 5.65. The lowest BCUT2D eigenvalue weighted by atomic mass is 10.1. The van der Waals surface area contributed by atoms with Crippen molar-refractivity contribution in [1.82, 2.24) is 15.0 Å². The van der Waals surface area contributed by atoms with Crippen molar-refractivity contribution in [2.75, 3.05) is 23.8 Å². The van der Waals surface area contributed by atoms with Crippen LogP contribution in [0.4, 0.5) is 17.5 Å². The van der Waals surface area contributed by atoms with Gasteiger partial charge in [-0.25, -0.2) is 4.98 Å². The lowest BCUT2D eigenvalue weighted by Gasteiger charge is -2.20. The van der Waals surface area contributed by atoms with Crippen LogP contribution in [0, 0.1) is 5.92 Å². The Morgan fingerprint density at radius 2 is 1.76 bits per heavy atom. The van der Waals surface area contributed by atoms with Gasteiger partial charge in [-0.2, -0.15) is 4.98 Å². The Morgan fingerprint density at radius 1 is 1.03 bits per heavy atom.